The van der Waals surface area contributed by atoms with Crippen LogP contribution in [0.3, 0.4) is 0 Å². The molecule has 128 valence electrons. The summed E-state index contributed by atoms with van der Waals surface area (Å²) in [5, 5.41) is 3.56. The molecular formula is C15H25N5O3. The molecule has 2 atom stereocenters. The molecule has 2 heterocycles. The minimum atomic E-state index is -0.520. The lowest BCUT2D eigenvalue weighted by Crippen LogP contribution is -2.45. The molecule has 0 aromatic carbocycles. The quantitative estimate of drug-likeness (QED) is 0.451. The summed E-state index contributed by atoms with van der Waals surface area (Å²) < 4.78 is 5.45. The van der Waals surface area contributed by atoms with Gasteiger partial charge in [0.1, 0.15) is 5.60 Å². The summed E-state index contributed by atoms with van der Waals surface area (Å²) in [6, 6.07) is 0.00650. The lowest BCUT2D eigenvalue weighted by molar-refractivity contribution is -0.128. The Labute approximate surface area is 136 Å². The van der Waals surface area contributed by atoms with Crippen molar-refractivity contribution in [1.82, 2.24) is 9.80 Å². The number of carbonyl (C=O) groups is 2. The Hall–Kier alpha value is -1.95. The first kappa shape index (κ1) is 17.4. The van der Waals surface area contributed by atoms with E-state index < -0.39 is 5.60 Å². The van der Waals surface area contributed by atoms with Crippen LogP contribution < -0.4 is 0 Å². The number of carbonyl (C=O) groups excluding carboxylic acids is 2. The van der Waals surface area contributed by atoms with E-state index in [1.165, 1.54) is 0 Å². The third-order valence-electron chi connectivity index (χ3n) is 4.13. The summed E-state index contributed by atoms with van der Waals surface area (Å²) >= 11 is 0. The standard InChI is InChI=1S/C15H25N5O3/c1-15(2,3)23-14(22)20-6-4-5-12(20)10-19-9-11(7-13(19)21)8-17-18-16/h11-12H,4-10H2,1-3H3. The minimum Gasteiger partial charge on any atom is -0.444 e. The number of likely N-dealkylation sites (tertiary alicyclic amines) is 2. The number of nitrogens with zero attached hydrogens (tertiary/aromatic N) is 5. The van der Waals surface area contributed by atoms with Crippen molar-refractivity contribution in [2.24, 2.45) is 11.0 Å². The molecule has 0 aromatic rings. The highest BCUT2D eigenvalue weighted by Gasteiger charge is 2.36. The topological polar surface area (TPSA) is 98.6 Å². The first-order valence-electron chi connectivity index (χ1n) is 8.08. The normalized spacial score (nSPS) is 24.7. The van der Waals surface area contributed by atoms with Crippen molar-refractivity contribution in [3.05, 3.63) is 10.4 Å². The highest BCUT2D eigenvalue weighted by molar-refractivity contribution is 5.79. The van der Waals surface area contributed by atoms with E-state index in [0.717, 1.165) is 12.8 Å². The van der Waals surface area contributed by atoms with Crippen LogP contribution in [0.15, 0.2) is 5.11 Å². The van der Waals surface area contributed by atoms with Crippen LogP contribution in [0.4, 0.5) is 4.79 Å². The Morgan fingerprint density at radius 2 is 2.22 bits per heavy atom. The van der Waals surface area contributed by atoms with E-state index >= 15 is 0 Å². The average molecular weight is 323 g/mol. The van der Waals surface area contributed by atoms with Crippen molar-refractivity contribution in [2.45, 2.75) is 51.7 Å². The third kappa shape index (κ3) is 4.76. The van der Waals surface area contributed by atoms with Crippen molar-refractivity contribution in [3.8, 4) is 0 Å². The van der Waals surface area contributed by atoms with E-state index in [9.17, 15) is 9.59 Å². The van der Waals surface area contributed by atoms with Crippen LogP contribution in [-0.4, -0.2) is 59.6 Å². The maximum absolute atomic E-state index is 12.3. The molecule has 2 aliphatic rings. The van der Waals surface area contributed by atoms with Gasteiger partial charge in [0.05, 0.1) is 6.04 Å². The minimum absolute atomic E-state index is 0.00650. The van der Waals surface area contributed by atoms with Crippen LogP contribution in [0.5, 0.6) is 0 Å². The number of rotatable bonds is 4. The maximum atomic E-state index is 12.3. The zero-order valence-electron chi connectivity index (χ0n) is 14.1. The van der Waals surface area contributed by atoms with Gasteiger partial charge in [0.15, 0.2) is 0 Å². The number of azide groups is 1. The SMILES string of the molecule is CC(C)(C)OC(=O)N1CCCC1CN1CC(CN=[N+]=[N-])CC1=O. The second kappa shape index (κ2) is 7.08. The Balaban J connectivity index is 1.92. The number of amides is 2. The molecule has 2 amide bonds. The summed E-state index contributed by atoms with van der Waals surface area (Å²) in [7, 11) is 0. The van der Waals surface area contributed by atoms with E-state index in [-0.39, 0.29) is 24.0 Å². The first-order chi connectivity index (χ1) is 10.8. The molecule has 0 aromatic heterocycles. The van der Waals surface area contributed by atoms with Gasteiger partial charge >= 0.3 is 6.09 Å². The fourth-order valence-electron chi connectivity index (χ4n) is 3.15. The van der Waals surface area contributed by atoms with Gasteiger partial charge in [-0.05, 0) is 45.1 Å². The van der Waals surface area contributed by atoms with Gasteiger partial charge in [-0.3, -0.25) is 4.79 Å². The summed E-state index contributed by atoms with van der Waals surface area (Å²) in [6.07, 6.45) is 1.91. The first-order valence-corrected chi connectivity index (χ1v) is 8.08. The lowest BCUT2D eigenvalue weighted by atomic mass is 10.1. The Morgan fingerprint density at radius 3 is 2.87 bits per heavy atom. The van der Waals surface area contributed by atoms with Crippen molar-refractivity contribution < 1.29 is 14.3 Å². The van der Waals surface area contributed by atoms with Crippen molar-refractivity contribution in [2.75, 3.05) is 26.2 Å². The third-order valence-corrected chi connectivity index (χ3v) is 4.13. The zero-order valence-corrected chi connectivity index (χ0v) is 14.1. The smallest absolute Gasteiger partial charge is 0.410 e. The van der Waals surface area contributed by atoms with Gasteiger partial charge in [-0.1, -0.05) is 5.11 Å². The van der Waals surface area contributed by atoms with Gasteiger partial charge in [-0.15, -0.1) is 0 Å². The molecule has 2 aliphatic heterocycles. The van der Waals surface area contributed by atoms with Crippen LogP contribution in [0, 0.1) is 5.92 Å². The highest BCUT2D eigenvalue weighted by Crippen LogP contribution is 2.25. The fourth-order valence-corrected chi connectivity index (χ4v) is 3.15. The maximum Gasteiger partial charge on any atom is 0.410 e. The van der Waals surface area contributed by atoms with E-state index in [2.05, 4.69) is 10.0 Å². The van der Waals surface area contributed by atoms with Crippen molar-refractivity contribution in [1.29, 1.82) is 0 Å². The molecule has 0 aliphatic carbocycles. The number of hydrogen-bond acceptors (Lipinski definition) is 4. The van der Waals surface area contributed by atoms with Gasteiger partial charge in [0.2, 0.25) is 5.91 Å². The average Bonchev–Trinajstić information content (AvgIpc) is 3.02. The molecule has 2 fully saturated rings. The highest BCUT2D eigenvalue weighted by atomic mass is 16.6. The van der Waals surface area contributed by atoms with E-state index in [1.807, 2.05) is 20.8 Å². The lowest BCUT2D eigenvalue weighted by Gasteiger charge is -2.31. The Kier molecular flexibility index (Phi) is 5.36. The van der Waals surface area contributed by atoms with Crippen molar-refractivity contribution in [3.63, 3.8) is 0 Å². The molecule has 2 saturated heterocycles. The molecule has 0 spiro atoms. The van der Waals surface area contributed by atoms with Crippen LogP contribution in [0.1, 0.15) is 40.0 Å². The predicted molar refractivity (Wildman–Crippen MR) is 84.7 cm³/mol. The van der Waals surface area contributed by atoms with Crippen LogP contribution >= 0.6 is 0 Å². The summed E-state index contributed by atoms with van der Waals surface area (Å²) in [6.45, 7) is 7.69. The molecule has 8 heteroatoms. The van der Waals surface area contributed by atoms with Gasteiger partial charge in [-0.25, -0.2) is 4.79 Å². The molecule has 0 bridgehead atoms. The molecule has 0 radical (unpaired) electrons. The van der Waals surface area contributed by atoms with Gasteiger partial charge < -0.3 is 14.5 Å². The summed E-state index contributed by atoms with van der Waals surface area (Å²) in [4.78, 5) is 30.6. The summed E-state index contributed by atoms with van der Waals surface area (Å²) in [5.74, 6) is 0.147. The van der Waals surface area contributed by atoms with Crippen LogP contribution in [-0.2, 0) is 9.53 Å². The van der Waals surface area contributed by atoms with Gasteiger partial charge in [-0.2, -0.15) is 0 Å². The van der Waals surface area contributed by atoms with Gasteiger partial charge in [0.25, 0.3) is 0 Å². The Morgan fingerprint density at radius 1 is 1.48 bits per heavy atom. The van der Waals surface area contributed by atoms with Crippen LogP contribution in [0.25, 0.3) is 10.4 Å². The molecule has 0 saturated carbocycles. The monoisotopic (exact) mass is 323 g/mol. The molecule has 2 rings (SSSR count). The fraction of sp³-hybridized carbons (Fsp3) is 0.867. The molecule has 2 unspecified atom stereocenters. The summed E-state index contributed by atoms with van der Waals surface area (Å²) in [5.41, 5.74) is 7.86. The zero-order chi connectivity index (χ0) is 17.0. The van der Waals surface area contributed by atoms with E-state index in [0.29, 0.717) is 32.6 Å². The molecule has 0 N–H and O–H groups in total. The van der Waals surface area contributed by atoms with E-state index in [1.54, 1.807) is 9.80 Å². The predicted octanol–water partition coefficient (Wildman–Crippen LogP) is 2.54. The number of hydrogen-bond donors (Lipinski definition) is 0. The van der Waals surface area contributed by atoms with E-state index in [4.69, 9.17) is 10.3 Å². The van der Waals surface area contributed by atoms with Crippen molar-refractivity contribution >= 4 is 12.0 Å². The largest absolute Gasteiger partial charge is 0.444 e. The molecular weight excluding hydrogens is 298 g/mol. The second-order valence-corrected chi connectivity index (χ2v) is 7.25. The molecule has 23 heavy (non-hydrogen) atoms. The molecule has 8 nitrogen and oxygen atoms in total. The number of ether oxygens (including phenoxy) is 1. The van der Waals surface area contributed by atoms with Crippen LogP contribution in [0.2, 0.25) is 0 Å². The van der Waals surface area contributed by atoms with Gasteiger partial charge in [0, 0.05) is 37.5 Å². The second-order valence-electron chi connectivity index (χ2n) is 7.25. The Bertz CT molecular complexity index is 510.